The van der Waals surface area contributed by atoms with Crippen molar-refractivity contribution in [3.05, 3.63) is 108 Å². The molecule has 0 aliphatic carbocycles. The molecular weight excluding hydrogens is 370 g/mol. The van der Waals surface area contributed by atoms with Crippen molar-refractivity contribution in [2.24, 2.45) is 0 Å². The topological polar surface area (TPSA) is 38.3 Å². The van der Waals surface area contributed by atoms with Crippen LogP contribution < -0.4 is 10.1 Å². The van der Waals surface area contributed by atoms with E-state index in [0.717, 1.165) is 11.1 Å². The molecule has 1 N–H and O–H groups in total. The van der Waals surface area contributed by atoms with Crippen LogP contribution in [0.1, 0.15) is 17.5 Å². The minimum absolute atomic E-state index is 0.147. The molecule has 3 aromatic carbocycles. The van der Waals surface area contributed by atoms with Gasteiger partial charge in [0.2, 0.25) is 5.91 Å². The lowest BCUT2D eigenvalue weighted by molar-refractivity contribution is -0.120. The first-order chi connectivity index (χ1) is 13.6. The van der Waals surface area contributed by atoms with Gasteiger partial charge in [0.25, 0.3) is 0 Å². The monoisotopic (exact) mass is 391 g/mol. The number of hydrogen-bond donors (Lipinski definition) is 1. The zero-order valence-corrected chi connectivity index (χ0v) is 16.4. The highest BCUT2D eigenvalue weighted by atomic mass is 35.5. The maximum Gasteiger partial charge on any atom is 0.239 e. The number of halogens is 1. The van der Waals surface area contributed by atoms with E-state index in [-0.39, 0.29) is 5.91 Å². The fourth-order valence-electron chi connectivity index (χ4n) is 3.40. The predicted molar refractivity (Wildman–Crippen MR) is 115 cm³/mol. The zero-order chi connectivity index (χ0) is 20.0. The Kier molecular flexibility index (Phi) is 6.17. The molecule has 4 heteroatoms. The van der Waals surface area contributed by atoms with Gasteiger partial charge in [0.15, 0.2) is 0 Å². The molecule has 3 rings (SSSR count). The largest absolute Gasteiger partial charge is 0.495 e. The summed E-state index contributed by atoms with van der Waals surface area (Å²) in [4.78, 5) is 13.7. The Balaban J connectivity index is 2.09. The zero-order valence-electron chi connectivity index (χ0n) is 15.7. The molecule has 0 atom stereocenters. The van der Waals surface area contributed by atoms with Crippen LogP contribution >= 0.6 is 11.6 Å². The minimum Gasteiger partial charge on any atom is -0.495 e. The molecule has 0 radical (unpaired) electrons. The Morgan fingerprint density at radius 2 is 1.61 bits per heavy atom. The first kappa shape index (κ1) is 19.7. The number of amides is 1. The highest BCUT2D eigenvalue weighted by molar-refractivity contribution is 6.32. The summed E-state index contributed by atoms with van der Waals surface area (Å²) in [7, 11) is 1.55. The normalized spacial score (nSPS) is 10.9. The fraction of sp³-hybridized carbons (Fsp3) is 0.125. The van der Waals surface area contributed by atoms with Crippen molar-refractivity contribution < 1.29 is 9.53 Å². The van der Waals surface area contributed by atoms with Crippen LogP contribution in [0.15, 0.2) is 91.5 Å². The van der Waals surface area contributed by atoms with E-state index in [0.29, 0.717) is 22.9 Å². The van der Waals surface area contributed by atoms with E-state index in [9.17, 15) is 4.79 Å². The summed E-state index contributed by atoms with van der Waals surface area (Å²) >= 11 is 6.23. The lowest BCUT2D eigenvalue weighted by Crippen LogP contribution is -2.41. The molecule has 0 aromatic heterocycles. The third kappa shape index (κ3) is 3.80. The van der Waals surface area contributed by atoms with Crippen LogP contribution in [0, 0.1) is 0 Å². The first-order valence-corrected chi connectivity index (χ1v) is 9.36. The third-order valence-electron chi connectivity index (χ3n) is 4.78. The summed E-state index contributed by atoms with van der Waals surface area (Å²) < 4.78 is 5.19. The average Bonchev–Trinajstić information content (AvgIpc) is 2.73. The SMILES string of the molecule is C=CCC(C(=O)Nc1ccc(OC)c(Cl)c1)(c1ccccc1)c1ccccc1. The van der Waals surface area contributed by atoms with E-state index >= 15 is 0 Å². The molecule has 0 heterocycles. The highest BCUT2D eigenvalue weighted by Crippen LogP contribution is 2.38. The van der Waals surface area contributed by atoms with Gasteiger partial charge in [0.05, 0.1) is 12.1 Å². The summed E-state index contributed by atoms with van der Waals surface area (Å²) in [5.41, 5.74) is 1.50. The third-order valence-corrected chi connectivity index (χ3v) is 5.08. The van der Waals surface area contributed by atoms with Crippen LogP contribution in [0.4, 0.5) is 5.69 Å². The maximum absolute atomic E-state index is 13.7. The van der Waals surface area contributed by atoms with Crippen molar-refractivity contribution in [2.75, 3.05) is 12.4 Å². The van der Waals surface area contributed by atoms with Gasteiger partial charge in [-0.1, -0.05) is 78.3 Å². The number of carbonyl (C=O) groups is 1. The Morgan fingerprint density at radius 3 is 2.07 bits per heavy atom. The molecule has 0 bridgehead atoms. The van der Waals surface area contributed by atoms with Crippen LogP contribution in [0.5, 0.6) is 5.75 Å². The van der Waals surface area contributed by atoms with Crippen LogP contribution in [0.25, 0.3) is 0 Å². The molecule has 0 saturated heterocycles. The van der Waals surface area contributed by atoms with Crippen molar-refractivity contribution in [3.63, 3.8) is 0 Å². The van der Waals surface area contributed by atoms with E-state index in [1.165, 1.54) is 0 Å². The number of methoxy groups -OCH3 is 1. The average molecular weight is 392 g/mol. The van der Waals surface area contributed by atoms with Gasteiger partial charge in [0.1, 0.15) is 11.2 Å². The van der Waals surface area contributed by atoms with Gasteiger partial charge in [-0.25, -0.2) is 0 Å². The second-order valence-electron chi connectivity index (χ2n) is 6.43. The van der Waals surface area contributed by atoms with Gasteiger partial charge in [-0.2, -0.15) is 0 Å². The Hall–Kier alpha value is -3.04. The summed E-state index contributed by atoms with van der Waals surface area (Å²) in [5, 5.41) is 3.47. The molecule has 28 heavy (non-hydrogen) atoms. The fourth-order valence-corrected chi connectivity index (χ4v) is 3.66. The quantitative estimate of drug-likeness (QED) is 0.513. The molecular formula is C24H22ClNO2. The van der Waals surface area contributed by atoms with Crippen molar-refractivity contribution in [3.8, 4) is 5.75 Å². The molecule has 142 valence electrons. The van der Waals surface area contributed by atoms with E-state index in [1.807, 2.05) is 60.7 Å². The number of allylic oxidation sites excluding steroid dienone is 1. The minimum atomic E-state index is -0.906. The Bertz CT molecular complexity index is 915. The molecule has 1 amide bonds. The molecule has 3 nitrogen and oxygen atoms in total. The first-order valence-electron chi connectivity index (χ1n) is 8.98. The summed E-state index contributed by atoms with van der Waals surface area (Å²) in [6.07, 6.45) is 2.23. The number of hydrogen-bond acceptors (Lipinski definition) is 2. The highest BCUT2D eigenvalue weighted by Gasteiger charge is 2.40. The summed E-state index contributed by atoms with van der Waals surface area (Å²) in [6, 6.07) is 24.7. The second kappa shape index (κ2) is 8.77. The molecule has 0 saturated carbocycles. The Morgan fingerprint density at radius 1 is 1.04 bits per heavy atom. The van der Waals surface area contributed by atoms with Gasteiger partial charge < -0.3 is 10.1 Å². The molecule has 0 aliphatic heterocycles. The van der Waals surface area contributed by atoms with E-state index < -0.39 is 5.41 Å². The predicted octanol–water partition coefficient (Wildman–Crippen LogP) is 5.85. The maximum atomic E-state index is 13.7. The standard InChI is InChI=1S/C24H22ClNO2/c1-3-16-24(18-10-6-4-7-11-18,19-12-8-5-9-13-19)23(27)26-20-14-15-22(28-2)21(25)17-20/h3-15,17H,1,16H2,2H3,(H,26,27). The lowest BCUT2D eigenvalue weighted by Gasteiger charge is -2.33. The van der Waals surface area contributed by atoms with Crippen LogP contribution in [-0.4, -0.2) is 13.0 Å². The number of anilines is 1. The molecule has 0 unspecified atom stereocenters. The van der Waals surface area contributed by atoms with Gasteiger partial charge in [-0.15, -0.1) is 6.58 Å². The molecule has 3 aromatic rings. The van der Waals surface area contributed by atoms with Gasteiger partial charge >= 0.3 is 0 Å². The number of rotatable bonds is 7. The molecule has 0 aliphatic rings. The lowest BCUT2D eigenvalue weighted by atomic mass is 9.71. The van der Waals surface area contributed by atoms with Crippen molar-refractivity contribution in [2.45, 2.75) is 11.8 Å². The van der Waals surface area contributed by atoms with E-state index in [1.54, 1.807) is 31.4 Å². The van der Waals surface area contributed by atoms with Gasteiger partial charge in [-0.3, -0.25) is 4.79 Å². The van der Waals surface area contributed by atoms with Crippen molar-refractivity contribution in [1.82, 2.24) is 0 Å². The van der Waals surface area contributed by atoms with Gasteiger partial charge in [-0.05, 0) is 35.7 Å². The number of carbonyl (C=O) groups excluding carboxylic acids is 1. The number of nitrogens with one attached hydrogen (secondary N) is 1. The molecule has 0 spiro atoms. The van der Waals surface area contributed by atoms with Crippen LogP contribution in [-0.2, 0) is 10.2 Å². The molecule has 0 fully saturated rings. The number of ether oxygens (including phenoxy) is 1. The Labute approximate surface area is 170 Å². The summed E-state index contributed by atoms with van der Waals surface area (Å²) in [6.45, 7) is 3.91. The smallest absolute Gasteiger partial charge is 0.239 e. The summed E-state index contributed by atoms with van der Waals surface area (Å²) in [5.74, 6) is 0.411. The van der Waals surface area contributed by atoms with E-state index in [2.05, 4.69) is 11.9 Å². The second-order valence-corrected chi connectivity index (χ2v) is 6.84. The van der Waals surface area contributed by atoms with Crippen molar-refractivity contribution >= 4 is 23.2 Å². The van der Waals surface area contributed by atoms with Crippen LogP contribution in [0.3, 0.4) is 0 Å². The number of benzene rings is 3. The van der Waals surface area contributed by atoms with Crippen LogP contribution in [0.2, 0.25) is 5.02 Å². The van der Waals surface area contributed by atoms with E-state index in [4.69, 9.17) is 16.3 Å². The van der Waals surface area contributed by atoms with Crippen molar-refractivity contribution in [1.29, 1.82) is 0 Å². The van der Waals surface area contributed by atoms with Gasteiger partial charge in [0, 0.05) is 5.69 Å².